The fraction of sp³-hybridized carbons (Fsp3) is 0.657. The molecule has 1 fully saturated rings. The summed E-state index contributed by atoms with van der Waals surface area (Å²) in [5.74, 6) is -2.93. The minimum atomic E-state index is -1.07. The number of carbonyl (C=O) groups excluding carboxylic acids is 6. The van der Waals surface area contributed by atoms with Crippen molar-refractivity contribution < 1.29 is 61.9 Å². The molecule has 16 heteroatoms. The van der Waals surface area contributed by atoms with Crippen LogP contribution in [-0.2, 0) is 52.3 Å². The van der Waals surface area contributed by atoms with Crippen LogP contribution in [0.15, 0.2) is 18.2 Å². The van der Waals surface area contributed by atoms with Gasteiger partial charge in [-0.3, -0.25) is 39.0 Å². The Kier molecular flexibility index (Phi) is 19.9. The normalized spacial score (nSPS) is 15.6. The van der Waals surface area contributed by atoms with E-state index in [-0.39, 0.29) is 54.6 Å². The summed E-state index contributed by atoms with van der Waals surface area (Å²) in [5, 5.41) is 4.89. The molecule has 5 amide bonds. The van der Waals surface area contributed by atoms with E-state index in [9.17, 15) is 28.8 Å². The zero-order valence-corrected chi connectivity index (χ0v) is 29.4. The van der Waals surface area contributed by atoms with Crippen LogP contribution in [0.5, 0.6) is 0 Å². The molecule has 0 saturated carbocycles. The third-order valence-corrected chi connectivity index (χ3v) is 7.74. The maximum Gasteiger partial charge on any atom is 0.305 e. The highest BCUT2D eigenvalue weighted by atomic mass is 16.6. The number of ether oxygens (including phenoxy) is 7. The first kappa shape index (κ1) is 41.6. The van der Waals surface area contributed by atoms with Crippen molar-refractivity contribution in [3.63, 3.8) is 0 Å². The molecule has 1 unspecified atom stereocenters. The largest absolute Gasteiger partial charge is 0.463 e. The molecule has 3 rings (SSSR count). The molecule has 0 aliphatic carbocycles. The highest BCUT2D eigenvalue weighted by molar-refractivity contribution is 6.26. The Morgan fingerprint density at radius 2 is 1.29 bits per heavy atom. The second-order valence-electron chi connectivity index (χ2n) is 11.7. The van der Waals surface area contributed by atoms with Gasteiger partial charge in [-0.2, -0.15) is 0 Å². The zero-order valence-electron chi connectivity index (χ0n) is 29.4. The lowest BCUT2D eigenvalue weighted by Crippen LogP contribution is -2.54. The molecule has 0 radical (unpaired) electrons. The minimum Gasteiger partial charge on any atom is -0.463 e. The molecule has 284 valence electrons. The fourth-order valence-corrected chi connectivity index (χ4v) is 5.19. The lowest BCUT2D eigenvalue weighted by Gasteiger charge is -2.27. The van der Waals surface area contributed by atoms with Crippen LogP contribution in [0.25, 0.3) is 0 Å². The van der Waals surface area contributed by atoms with Gasteiger partial charge in [-0.25, -0.2) is 0 Å². The summed E-state index contributed by atoms with van der Waals surface area (Å²) in [6.45, 7) is 7.51. The number of amides is 5. The van der Waals surface area contributed by atoms with Crippen LogP contribution in [0.3, 0.4) is 0 Å². The van der Waals surface area contributed by atoms with Crippen LogP contribution >= 0.6 is 0 Å². The van der Waals surface area contributed by atoms with E-state index in [1.165, 1.54) is 6.07 Å². The number of nitrogens with zero attached hydrogens (tertiary/aromatic N) is 1. The molecule has 1 atom stereocenters. The topological polar surface area (TPSA) is 194 Å². The van der Waals surface area contributed by atoms with Crippen LogP contribution in [0.1, 0.15) is 79.0 Å². The smallest absolute Gasteiger partial charge is 0.305 e. The van der Waals surface area contributed by atoms with Gasteiger partial charge in [0, 0.05) is 25.9 Å². The van der Waals surface area contributed by atoms with Gasteiger partial charge in [-0.05, 0) is 37.8 Å². The van der Waals surface area contributed by atoms with Gasteiger partial charge in [0.1, 0.15) is 12.6 Å². The van der Waals surface area contributed by atoms with Crippen LogP contribution in [0.2, 0.25) is 0 Å². The number of benzene rings is 1. The van der Waals surface area contributed by atoms with Gasteiger partial charge in [0.15, 0.2) is 0 Å². The number of fused-ring (bicyclic) bond motifs is 1. The zero-order chi connectivity index (χ0) is 36.7. The lowest BCUT2D eigenvalue weighted by atomic mass is 10.0. The maximum atomic E-state index is 13.2. The van der Waals surface area contributed by atoms with Gasteiger partial charge in [-0.1, -0.05) is 19.4 Å². The molecule has 1 aromatic rings. The molecule has 2 aliphatic rings. The third-order valence-electron chi connectivity index (χ3n) is 7.74. The van der Waals surface area contributed by atoms with E-state index in [2.05, 4.69) is 10.6 Å². The van der Waals surface area contributed by atoms with Crippen LogP contribution < -0.4 is 10.6 Å². The summed E-state index contributed by atoms with van der Waals surface area (Å²) in [4.78, 5) is 74.6. The Bertz CT molecular complexity index is 1290. The summed E-state index contributed by atoms with van der Waals surface area (Å²) in [6.07, 6.45) is 3.64. The number of nitrogens with one attached hydrogen (secondary N) is 2. The molecule has 2 aliphatic heterocycles. The number of esters is 1. The molecule has 2 heterocycles. The van der Waals surface area contributed by atoms with Gasteiger partial charge in [0.2, 0.25) is 17.7 Å². The van der Waals surface area contributed by atoms with E-state index in [1.54, 1.807) is 12.1 Å². The minimum absolute atomic E-state index is 0.0280. The monoisotopic (exact) mass is 721 g/mol. The van der Waals surface area contributed by atoms with Crippen LogP contribution in [0, 0.1) is 0 Å². The molecule has 16 nitrogen and oxygen atoms in total. The van der Waals surface area contributed by atoms with Gasteiger partial charge in [0.25, 0.3) is 11.8 Å². The number of rotatable bonds is 28. The number of hydrogen-bond acceptors (Lipinski definition) is 13. The Balaban J connectivity index is 1.09. The Morgan fingerprint density at radius 3 is 1.86 bits per heavy atom. The van der Waals surface area contributed by atoms with E-state index in [4.69, 9.17) is 33.2 Å². The van der Waals surface area contributed by atoms with E-state index in [0.717, 1.165) is 24.2 Å². The maximum absolute atomic E-state index is 13.2. The number of unbranched alkanes of at least 4 members (excludes halogenated alkanes) is 2. The number of anilines is 1. The van der Waals surface area contributed by atoms with E-state index in [1.807, 2.05) is 6.92 Å². The number of imide groups is 2. The first-order valence-electron chi connectivity index (χ1n) is 17.6. The predicted octanol–water partition coefficient (Wildman–Crippen LogP) is 2.03. The molecule has 0 bridgehead atoms. The summed E-state index contributed by atoms with van der Waals surface area (Å²) >= 11 is 0. The SMILES string of the molecule is CCCC(=O)OCCOCCOCCOCCOCCOCCOCCCCCC(=O)Nc1cccc2c1C(=O)N(C1CCC(=O)NC1=O)C2=O. The molecule has 2 N–H and O–H groups in total. The standard InChI is InChI=1S/C35H51N3O13/c1-2-7-31(41)51-25-24-50-23-22-49-21-20-48-19-18-47-17-16-46-15-14-45-13-5-3-4-10-29(39)36-27-9-6-8-26-32(27)35(44)38(34(26)43)28-11-12-30(40)37-33(28)42/h6,8-9,28H,2-5,7,10-25H2,1H3,(H,36,39)(H,37,40,42). The molecule has 1 aromatic carbocycles. The van der Waals surface area contributed by atoms with Gasteiger partial charge < -0.3 is 38.5 Å². The lowest BCUT2D eigenvalue weighted by molar-refractivity contribution is -0.145. The second-order valence-corrected chi connectivity index (χ2v) is 11.7. The first-order chi connectivity index (χ1) is 24.8. The van der Waals surface area contributed by atoms with Crippen molar-refractivity contribution in [3.8, 4) is 0 Å². The molecule has 0 aromatic heterocycles. The average Bonchev–Trinajstić information content (AvgIpc) is 3.36. The first-order valence-corrected chi connectivity index (χ1v) is 17.6. The van der Waals surface area contributed by atoms with Crippen molar-refractivity contribution in [2.24, 2.45) is 0 Å². The van der Waals surface area contributed by atoms with Crippen molar-refractivity contribution in [1.29, 1.82) is 0 Å². The van der Waals surface area contributed by atoms with E-state index < -0.39 is 29.7 Å². The van der Waals surface area contributed by atoms with Crippen LogP contribution in [0.4, 0.5) is 5.69 Å². The average molecular weight is 722 g/mol. The van der Waals surface area contributed by atoms with Crippen molar-refractivity contribution in [2.45, 2.75) is 64.3 Å². The van der Waals surface area contributed by atoms with Gasteiger partial charge in [-0.15, -0.1) is 0 Å². The van der Waals surface area contributed by atoms with E-state index in [0.29, 0.717) is 92.1 Å². The third kappa shape index (κ3) is 15.1. The van der Waals surface area contributed by atoms with Gasteiger partial charge >= 0.3 is 5.97 Å². The second kappa shape index (κ2) is 24.4. The summed E-state index contributed by atoms with van der Waals surface area (Å²) in [5.41, 5.74) is 0.378. The van der Waals surface area contributed by atoms with Crippen molar-refractivity contribution in [3.05, 3.63) is 29.3 Å². The molecule has 51 heavy (non-hydrogen) atoms. The number of hydrogen-bond donors (Lipinski definition) is 2. The fourth-order valence-electron chi connectivity index (χ4n) is 5.19. The summed E-state index contributed by atoms with van der Waals surface area (Å²) < 4.78 is 37.7. The Hall–Kier alpha value is -3.80. The van der Waals surface area contributed by atoms with Crippen molar-refractivity contribution in [1.82, 2.24) is 10.2 Å². The highest BCUT2D eigenvalue weighted by Gasteiger charge is 2.45. The number of piperidine rings is 1. The molecular formula is C35H51N3O13. The molecule has 0 spiro atoms. The Labute approximate surface area is 298 Å². The highest BCUT2D eigenvalue weighted by Crippen LogP contribution is 2.32. The number of carbonyl (C=O) groups is 6. The summed E-state index contributed by atoms with van der Waals surface area (Å²) in [7, 11) is 0. The van der Waals surface area contributed by atoms with Crippen molar-refractivity contribution >= 4 is 41.2 Å². The quantitative estimate of drug-likeness (QED) is 0.0726. The Morgan fingerprint density at radius 1 is 0.725 bits per heavy atom. The van der Waals surface area contributed by atoms with E-state index >= 15 is 0 Å². The van der Waals surface area contributed by atoms with Crippen LogP contribution in [-0.4, -0.2) is 132 Å². The molecular weight excluding hydrogens is 670 g/mol. The summed E-state index contributed by atoms with van der Waals surface area (Å²) in [6, 6.07) is 3.52. The van der Waals surface area contributed by atoms with Gasteiger partial charge in [0.05, 0.1) is 89.5 Å². The predicted molar refractivity (Wildman–Crippen MR) is 181 cm³/mol. The van der Waals surface area contributed by atoms with Crippen molar-refractivity contribution in [2.75, 3.05) is 91.2 Å². The molecule has 1 saturated heterocycles.